The monoisotopic (exact) mass is 355 g/mol. The number of rotatable bonds is 5. The van der Waals surface area contributed by atoms with Crippen molar-refractivity contribution in [3.05, 3.63) is 34.6 Å². The lowest BCUT2D eigenvalue weighted by Crippen LogP contribution is -2.14. The number of halogens is 1. The van der Waals surface area contributed by atoms with Crippen LogP contribution >= 0.6 is 27.7 Å². The maximum atomic E-state index is 11.9. The van der Waals surface area contributed by atoms with E-state index in [1.165, 1.54) is 11.8 Å². The molecule has 0 saturated carbocycles. The second-order valence-electron chi connectivity index (χ2n) is 4.01. The Kier molecular flexibility index (Phi) is 5.16. The molecule has 2 aromatic rings. The predicted molar refractivity (Wildman–Crippen MR) is 82.4 cm³/mol. The molecule has 0 saturated heterocycles. The fraction of sp³-hybridized carbons (Fsp3) is 0.250. The van der Waals surface area contributed by atoms with Gasteiger partial charge in [0.25, 0.3) is 0 Å². The molecule has 0 fully saturated rings. The van der Waals surface area contributed by atoms with Crippen molar-refractivity contribution in [2.45, 2.75) is 11.7 Å². The van der Waals surface area contributed by atoms with Crippen molar-refractivity contribution in [1.82, 2.24) is 14.8 Å². The lowest BCUT2D eigenvalue weighted by atomic mass is 10.3. The van der Waals surface area contributed by atoms with Crippen LogP contribution in [0.1, 0.15) is 5.82 Å². The molecule has 0 aliphatic carbocycles. The number of anilines is 1. The number of thioether (sulfide) groups is 1. The summed E-state index contributed by atoms with van der Waals surface area (Å²) in [5.74, 6) is 0.869. The van der Waals surface area contributed by atoms with E-state index in [4.69, 9.17) is 5.73 Å². The van der Waals surface area contributed by atoms with Crippen LogP contribution in [0.3, 0.4) is 0 Å². The van der Waals surface area contributed by atoms with Gasteiger partial charge in [0.2, 0.25) is 5.91 Å². The maximum Gasteiger partial charge on any atom is 0.234 e. The van der Waals surface area contributed by atoms with Crippen molar-refractivity contribution in [1.29, 1.82) is 0 Å². The van der Waals surface area contributed by atoms with Crippen LogP contribution in [-0.2, 0) is 18.4 Å². The van der Waals surface area contributed by atoms with Crippen LogP contribution in [0.5, 0.6) is 0 Å². The lowest BCUT2D eigenvalue weighted by Gasteiger charge is -2.05. The number of nitrogens with zero attached hydrogens (tertiary/aromatic N) is 3. The van der Waals surface area contributed by atoms with Crippen molar-refractivity contribution in [3.8, 4) is 0 Å². The van der Waals surface area contributed by atoms with Crippen molar-refractivity contribution in [3.63, 3.8) is 0 Å². The summed E-state index contributed by atoms with van der Waals surface area (Å²) in [5, 5.41) is 11.4. The summed E-state index contributed by atoms with van der Waals surface area (Å²) < 4.78 is 2.71. The second kappa shape index (κ2) is 6.87. The quantitative estimate of drug-likeness (QED) is 0.798. The Morgan fingerprint density at radius 1 is 1.50 bits per heavy atom. The van der Waals surface area contributed by atoms with Gasteiger partial charge in [-0.2, -0.15) is 0 Å². The Hall–Kier alpha value is -1.38. The molecule has 0 atom stereocenters. The van der Waals surface area contributed by atoms with E-state index in [9.17, 15) is 4.79 Å². The molecule has 1 heterocycles. The fourth-order valence-corrected chi connectivity index (χ4v) is 2.67. The average molecular weight is 356 g/mol. The molecular weight excluding hydrogens is 342 g/mol. The van der Waals surface area contributed by atoms with Crippen LogP contribution in [0, 0.1) is 0 Å². The highest BCUT2D eigenvalue weighted by molar-refractivity contribution is 9.10. The number of nitrogens with one attached hydrogen (secondary N) is 1. The summed E-state index contributed by atoms with van der Waals surface area (Å²) in [6, 6.07) is 7.45. The van der Waals surface area contributed by atoms with E-state index in [0.29, 0.717) is 17.5 Å². The minimum absolute atomic E-state index is 0.0922. The molecule has 0 aliphatic rings. The molecule has 0 unspecified atom stereocenters. The molecule has 0 radical (unpaired) electrons. The predicted octanol–water partition coefficient (Wildman–Crippen LogP) is 1.77. The largest absolute Gasteiger partial charge is 0.325 e. The van der Waals surface area contributed by atoms with Gasteiger partial charge in [0, 0.05) is 17.2 Å². The van der Waals surface area contributed by atoms with Crippen LogP contribution < -0.4 is 11.1 Å². The highest BCUT2D eigenvalue weighted by atomic mass is 79.9. The Balaban J connectivity index is 1.90. The topological polar surface area (TPSA) is 85.8 Å². The highest BCUT2D eigenvalue weighted by Crippen LogP contribution is 2.18. The van der Waals surface area contributed by atoms with E-state index in [2.05, 4.69) is 31.4 Å². The van der Waals surface area contributed by atoms with Crippen LogP contribution in [-0.4, -0.2) is 26.4 Å². The van der Waals surface area contributed by atoms with Gasteiger partial charge in [-0.3, -0.25) is 4.79 Å². The molecule has 0 bridgehead atoms. The first-order valence-corrected chi connectivity index (χ1v) is 7.64. The molecular formula is C12H14BrN5OS. The van der Waals surface area contributed by atoms with Crippen LogP contribution in [0.2, 0.25) is 0 Å². The van der Waals surface area contributed by atoms with Gasteiger partial charge in [-0.1, -0.05) is 33.8 Å². The van der Waals surface area contributed by atoms with E-state index >= 15 is 0 Å². The summed E-state index contributed by atoms with van der Waals surface area (Å²) in [5.41, 5.74) is 6.28. The smallest absolute Gasteiger partial charge is 0.234 e. The van der Waals surface area contributed by atoms with Crippen molar-refractivity contribution < 1.29 is 4.79 Å². The van der Waals surface area contributed by atoms with Crippen molar-refractivity contribution >= 4 is 39.3 Å². The van der Waals surface area contributed by atoms with Gasteiger partial charge >= 0.3 is 0 Å². The average Bonchev–Trinajstić information content (AvgIpc) is 2.77. The van der Waals surface area contributed by atoms with Crippen LogP contribution in [0.25, 0.3) is 0 Å². The van der Waals surface area contributed by atoms with E-state index in [-0.39, 0.29) is 11.7 Å². The molecule has 1 aromatic heterocycles. The van der Waals surface area contributed by atoms with Gasteiger partial charge in [-0.25, -0.2) is 0 Å². The molecule has 0 spiro atoms. The number of hydrogen-bond donors (Lipinski definition) is 2. The van der Waals surface area contributed by atoms with Gasteiger partial charge < -0.3 is 15.6 Å². The molecule has 8 heteroatoms. The van der Waals surface area contributed by atoms with E-state index in [1.807, 2.05) is 31.3 Å². The fourth-order valence-electron chi connectivity index (χ4n) is 1.54. The van der Waals surface area contributed by atoms with Gasteiger partial charge in [-0.15, -0.1) is 10.2 Å². The molecule has 0 aliphatic heterocycles. The van der Waals surface area contributed by atoms with E-state index < -0.39 is 0 Å². The Labute approximate surface area is 129 Å². The summed E-state index contributed by atoms with van der Waals surface area (Å²) in [7, 11) is 1.83. The number of hydrogen-bond acceptors (Lipinski definition) is 5. The Morgan fingerprint density at radius 2 is 2.30 bits per heavy atom. The molecule has 6 nitrogen and oxygen atoms in total. The molecule has 20 heavy (non-hydrogen) atoms. The first kappa shape index (κ1) is 15.0. The normalized spacial score (nSPS) is 10.6. The minimum atomic E-state index is -0.0922. The number of nitrogens with two attached hydrogens (primary N) is 1. The first-order valence-electron chi connectivity index (χ1n) is 5.86. The number of carbonyl (C=O) groups excluding carboxylic acids is 1. The summed E-state index contributed by atoms with van der Waals surface area (Å²) in [4.78, 5) is 11.9. The molecule has 1 amide bonds. The summed E-state index contributed by atoms with van der Waals surface area (Å²) in [6.45, 7) is 0.328. The summed E-state index contributed by atoms with van der Waals surface area (Å²) in [6.07, 6.45) is 0. The van der Waals surface area contributed by atoms with E-state index in [0.717, 1.165) is 10.2 Å². The van der Waals surface area contributed by atoms with Crippen LogP contribution in [0.4, 0.5) is 5.69 Å². The zero-order valence-electron chi connectivity index (χ0n) is 10.8. The Bertz CT molecular complexity index is 616. The third kappa shape index (κ3) is 3.81. The van der Waals surface area contributed by atoms with E-state index in [1.54, 1.807) is 4.57 Å². The molecule has 1 aromatic carbocycles. The first-order chi connectivity index (χ1) is 9.60. The van der Waals surface area contributed by atoms with Gasteiger partial charge in [0.05, 0.1) is 12.3 Å². The zero-order chi connectivity index (χ0) is 14.5. The van der Waals surface area contributed by atoms with Gasteiger partial charge in [0.15, 0.2) is 5.16 Å². The number of amides is 1. The molecule has 2 rings (SSSR count). The second-order valence-corrected chi connectivity index (χ2v) is 5.87. The van der Waals surface area contributed by atoms with Gasteiger partial charge in [-0.05, 0) is 18.2 Å². The van der Waals surface area contributed by atoms with Crippen molar-refractivity contribution in [2.24, 2.45) is 12.8 Å². The number of aromatic nitrogens is 3. The number of carbonyl (C=O) groups is 1. The zero-order valence-corrected chi connectivity index (χ0v) is 13.2. The third-order valence-corrected chi connectivity index (χ3v) is 4.06. The molecule has 106 valence electrons. The number of benzene rings is 1. The van der Waals surface area contributed by atoms with Crippen LogP contribution in [0.15, 0.2) is 33.9 Å². The third-order valence-electron chi connectivity index (χ3n) is 2.55. The SMILES string of the molecule is Cn1c(CN)nnc1SCC(=O)Nc1cccc(Br)c1. The summed E-state index contributed by atoms with van der Waals surface area (Å²) >= 11 is 4.68. The van der Waals surface area contributed by atoms with Gasteiger partial charge in [0.1, 0.15) is 5.82 Å². The minimum Gasteiger partial charge on any atom is -0.325 e. The van der Waals surface area contributed by atoms with Crippen molar-refractivity contribution in [2.75, 3.05) is 11.1 Å². The highest BCUT2D eigenvalue weighted by Gasteiger charge is 2.10. The molecule has 3 N–H and O–H groups in total. The maximum absolute atomic E-state index is 11.9. The Morgan fingerprint density at radius 3 is 2.95 bits per heavy atom. The lowest BCUT2D eigenvalue weighted by molar-refractivity contribution is -0.113. The standard InChI is InChI=1S/C12H14BrN5OS/c1-18-10(6-14)16-17-12(18)20-7-11(19)15-9-4-2-3-8(13)5-9/h2-5H,6-7,14H2,1H3,(H,15,19).